The van der Waals surface area contributed by atoms with Crippen molar-refractivity contribution in [1.82, 2.24) is 4.57 Å². The summed E-state index contributed by atoms with van der Waals surface area (Å²) in [5.41, 5.74) is 0.192. The highest BCUT2D eigenvalue weighted by atomic mass is 19.3. The third-order valence-electron chi connectivity index (χ3n) is 2.64. The minimum absolute atomic E-state index is 0.0674. The summed E-state index contributed by atoms with van der Waals surface area (Å²) >= 11 is 0. The Morgan fingerprint density at radius 1 is 1.18 bits per heavy atom. The normalized spacial score (nSPS) is 11.2. The standard InChI is InChI=1S/C13H10F2N2/c1-17-8-2-3-12(17)13(14,15)11-6-4-10(9-16)5-7-11/h2-8H,1H3. The fraction of sp³-hybridized carbons (Fsp3) is 0.154. The van der Waals surface area contributed by atoms with Gasteiger partial charge in [0.1, 0.15) is 0 Å². The van der Waals surface area contributed by atoms with Crippen molar-refractivity contribution in [2.45, 2.75) is 5.92 Å². The maximum absolute atomic E-state index is 14.1. The Bertz CT molecular complexity index is 562. The summed E-state index contributed by atoms with van der Waals surface area (Å²) in [5.74, 6) is -3.05. The van der Waals surface area contributed by atoms with Crippen LogP contribution in [0.3, 0.4) is 0 Å². The number of aromatic nitrogens is 1. The molecule has 0 fully saturated rings. The smallest absolute Gasteiger partial charge is 0.312 e. The fourth-order valence-electron chi connectivity index (χ4n) is 1.69. The summed E-state index contributed by atoms with van der Waals surface area (Å²) in [6, 6.07) is 10.2. The summed E-state index contributed by atoms with van der Waals surface area (Å²) in [4.78, 5) is 0. The van der Waals surface area contributed by atoms with Crippen LogP contribution in [0.4, 0.5) is 8.78 Å². The van der Waals surface area contributed by atoms with Gasteiger partial charge in [-0.15, -0.1) is 0 Å². The SMILES string of the molecule is Cn1cccc1C(F)(F)c1ccc(C#N)cc1. The molecule has 0 amide bonds. The number of aryl methyl sites for hydroxylation is 1. The molecule has 0 aliphatic rings. The van der Waals surface area contributed by atoms with Gasteiger partial charge in [-0.2, -0.15) is 14.0 Å². The second kappa shape index (κ2) is 4.02. The first-order chi connectivity index (χ1) is 8.05. The van der Waals surface area contributed by atoms with Crippen LogP contribution >= 0.6 is 0 Å². The molecular formula is C13H10F2N2. The van der Waals surface area contributed by atoms with E-state index in [1.54, 1.807) is 19.3 Å². The molecule has 0 spiro atoms. The van der Waals surface area contributed by atoms with Crippen LogP contribution < -0.4 is 0 Å². The molecule has 1 aromatic heterocycles. The summed E-state index contributed by atoms with van der Waals surface area (Å²) in [5, 5.41) is 8.62. The number of nitrogens with zero attached hydrogens (tertiary/aromatic N) is 2. The Balaban J connectivity index is 2.45. The molecular weight excluding hydrogens is 222 g/mol. The molecule has 86 valence electrons. The molecule has 2 aromatic rings. The number of nitriles is 1. The lowest BCUT2D eigenvalue weighted by Gasteiger charge is -2.17. The third kappa shape index (κ3) is 1.92. The highest BCUT2D eigenvalue weighted by molar-refractivity contribution is 5.36. The lowest BCUT2D eigenvalue weighted by molar-refractivity contribution is 0.0350. The van der Waals surface area contributed by atoms with Crippen LogP contribution in [0.25, 0.3) is 0 Å². The van der Waals surface area contributed by atoms with Crippen LogP contribution in [-0.4, -0.2) is 4.57 Å². The molecule has 1 aromatic carbocycles. The van der Waals surface area contributed by atoms with Crippen LogP contribution in [-0.2, 0) is 13.0 Å². The molecule has 0 aliphatic carbocycles. The van der Waals surface area contributed by atoms with Gasteiger partial charge in [0.25, 0.3) is 0 Å². The van der Waals surface area contributed by atoms with E-state index in [2.05, 4.69) is 0 Å². The van der Waals surface area contributed by atoms with Gasteiger partial charge in [-0.3, -0.25) is 0 Å². The minimum atomic E-state index is -3.05. The quantitative estimate of drug-likeness (QED) is 0.782. The predicted octanol–water partition coefficient (Wildman–Crippen LogP) is 3.04. The second-order valence-corrected chi connectivity index (χ2v) is 3.77. The molecule has 2 nitrogen and oxygen atoms in total. The van der Waals surface area contributed by atoms with E-state index in [0.29, 0.717) is 5.56 Å². The van der Waals surface area contributed by atoms with E-state index < -0.39 is 5.92 Å². The highest BCUT2D eigenvalue weighted by Gasteiger charge is 2.35. The van der Waals surface area contributed by atoms with E-state index in [4.69, 9.17) is 5.26 Å². The lowest BCUT2D eigenvalue weighted by Crippen LogP contribution is -2.18. The first-order valence-corrected chi connectivity index (χ1v) is 5.06. The zero-order valence-corrected chi connectivity index (χ0v) is 9.19. The van der Waals surface area contributed by atoms with Gasteiger partial charge in [-0.05, 0) is 24.3 Å². The van der Waals surface area contributed by atoms with E-state index >= 15 is 0 Å². The number of halogens is 2. The average Bonchev–Trinajstić information content (AvgIpc) is 2.76. The van der Waals surface area contributed by atoms with Gasteiger partial charge in [-0.1, -0.05) is 12.1 Å². The molecule has 2 rings (SSSR count). The lowest BCUT2D eigenvalue weighted by atomic mass is 10.0. The largest absolute Gasteiger partial charge is 0.349 e. The van der Waals surface area contributed by atoms with Gasteiger partial charge in [0.15, 0.2) is 0 Å². The van der Waals surface area contributed by atoms with Crippen molar-refractivity contribution in [3.8, 4) is 6.07 Å². The third-order valence-corrected chi connectivity index (χ3v) is 2.64. The Labute approximate surface area is 97.7 Å². The molecule has 0 radical (unpaired) electrons. The van der Waals surface area contributed by atoms with Crippen molar-refractivity contribution in [2.24, 2.45) is 7.05 Å². The van der Waals surface area contributed by atoms with E-state index in [0.717, 1.165) is 0 Å². The summed E-state index contributed by atoms with van der Waals surface area (Å²) in [6.45, 7) is 0. The molecule has 0 saturated heterocycles. The predicted molar refractivity (Wildman–Crippen MR) is 59.6 cm³/mol. The van der Waals surface area contributed by atoms with Gasteiger partial charge in [0.05, 0.1) is 17.3 Å². The zero-order chi connectivity index (χ0) is 12.5. The molecule has 4 heteroatoms. The highest BCUT2D eigenvalue weighted by Crippen LogP contribution is 2.35. The first kappa shape index (κ1) is 11.3. The van der Waals surface area contributed by atoms with Crippen molar-refractivity contribution in [1.29, 1.82) is 5.26 Å². The number of benzene rings is 1. The molecule has 17 heavy (non-hydrogen) atoms. The van der Waals surface area contributed by atoms with Crippen LogP contribution in [0, 0.1) is 11.3 Å². The zero-order valence-electron chi connectivity index (χ0n) is 9.19. The van der Waals surface area contributed by atoms with Crippen LogP contribution in [0.1, 0.15) is 16.8 Å². The van der Waals surface area contributed by atoms with E-state index in [1.807, 2.05) is 6.07 Å². The molecule has 0 bridgehead atoms. The van der Waals surface area contributed by atoms with E-state index in [-0.39, 0.29) is 11.3 Å². The van der Waals surface area contributed by atoms with Crippen LogP contribution in [0.5, 0.6) is 0 Å². The Morgan fingerprint density at radius 3 is 2.29 bits per heavy atom. The van der Waals surface area contributed by atoms with Gasteiger partial charge in [0.2, 0.25) is 0 Å². The van der Waals surface area contributed by atoms with Crippen LogP contribution in [0.15, 0.2) is 42.6 Å². The molecule has 0 saturated carbocycles. The van der Waals surface area contributed by atoms with Crippen molar-refractivity contribution in [3.05, 3.63) is 59.4 Å². The van der Waals surface area contributed by atoms with Crippen molar-refractivity contribution in [2.75, 3.05) is 0 Å². The monoisotopic (exact) mass is 232 g/mol. The average molecular weight is 232 g/mol. The number of rotatable bonds is 2. The first-order valence-electron chi connectivity index (χ1n) is 5.06. The Morgan fingerprint density at radius 2 is 1.82 bits per heavy atom. The van der Waals surface area contributed by atoms with Crippen LogP contribution in [0.2, 0.25) is 0 Å². The Hall–Kier alpha value is -2.15. The maximum atomic E-state index is 14.1. The van der Waals surface area contributed by atoms with Crippen molar-refractivity contribution >= 4 is 0 Å². The summed E-state index contributed by atoms with van der Waals surface area (Å²) in [7, 11) is 1.58. The molecule has 0 atom stereocenters. The number of alkyl halides is 2. The maximum Gasteiger partial charge on any atom is 0.312 e. The molecule has 0 aliphatic heterocycles. The van der Waals surface area contributed by atoms with E-state index in [1.165, 1.54) is 34.9 Å². The molecule has 1 heterocycles. The molecule has 0 unspecified atom stereocenters. The fourth-order valence-corrected chi connectivity index (χ4v) is 1.69. The Kier molecular flexibility index (Phi) is 2.68. The van der Waals surface area contributed by atoms with Gasteiger partial charge in [-0.25, -0.2) is 0 Å². The van der Waals surface area contributed by atoms with Crippen molar-refractivity contribution < 1.29 is 8.78 Å². The van der Waals surface area contributed by atoms with Crippen molar-refractivity contribution in [3.63, 3.8) is 0 Å². The number of hydrogen-bond donors (Lipinski definition) is 0. The van der Waals surface area contributed by atoms with Gasteiger partial charge in [0, 0.05) is 18.8 Å². The van der Waals surface area contributed by atoms with E-state index in [9.17, 15) is 8.78 Å². The number of hydrogen-bond acceptors (Lipinski definition) is 1. The minimum Gasteiger partial charge on any atom is -0.349 e. The summed E-state index contributed by atoms with van der Waals surface area (Å²) < 4.78 is 29.6. The topological polar surface area (TPSA) is 28.7 Å². The summed E-state index contributed by atoms with van der Waals surface area (Å²) in [6.07, 6.45) is 1.58. The molecule has 0 N–H and O–H groups in total. The van der Waals surface area contributed by atoms with Gasteiger partial charge < -0.3 is 4.57 Å². The van der Waals surface area contributed by atoms with Gasteiger partial charge >= 0.3 is 5.92 Å². The second-order valence-electron chi connectivity index (χ2n) is 3.77.